The van der Waals surface area contributed by atoms with Crippen molar-refractivity contribution in [1.82, 2.24) is 9.97 Å². The molecule has 0 unspecified atom stereocenters. The Morgan fingerprint density at radius 3 is 3.00 bits per heavy atom. The summed E-state index contributed by atoms with van der Waals surface area (Å²) in [6.07, 6.45) is 1.57. The van der Waals surface area contributed by atoms with Gasteiger partial charge in [0, 0.05) is 19.4 Å². The van der Waals surface area contributed by atoms with E-state index in [-0.39, 0.29) is 0 Å². The van der Waals surface area contributed by atoms with E-state index in [4.69, 9.17) is 15.3 Å². The second kappa shape index (κ2) is 5.95. The Hall–Kier alpha value is -2.18. The summed E-state index contributed by atoms with van der Waals surface area (Å²) >= 11 is 0. The molecule has 0 aliphatic rings. The van der Waals surface area contributed by atoms with Crippen LogP contribution in [0.2, 0.25) is 0 Å². The van der Waals surface area contributed by atoms with Crippen LogP contribution in [0.1, 0.15) is 5.56 Å². The second-order valence-corrected chi connectivity index (χ2v) is 3.55. The first-order valence-electron chi connectivity index (χ1n) is 5.37. The van der Waals surface area contributed by atoms with Crippen molar-refractivity contribution in [3.63, 3.8) is 0 Å². The number of benzene rings is 1. The molecule has 1 aromatic heterocycles. The van der Waals surface area contributed by atoms with Crippen molar-refractivity contribution < 1.29 is 9.47 Å². The molecule has 3 N–H and O–H groups in total. The van der Waals surface area contributed by atoms with Crippen molar-refractivity contribution in [3.8, 4) is 11.6 Å². The summed E-state index contributed by atoms with van der Waals surface area (Å²) in [6, 6.07) is 9.25. The minimum atomic E-state index is 0.306. The van der Waals surface area contributed by atoms with Crippen LogP contribution < -0.4 is 16.0 Å². The molecule has 0 amide bonds. The zero-order valence-corrected chi connectivity index (χ0v) is 9.96. The standard InChI is InChI=1S/C12H14N4O2/c1-17-8-9-3-2-4-10(7-9)18-11-5-6-14-12(15-11)16-13/h2-7H,8,13H2,1H3,(H,14,15,16). The minimum Gasteiger partial charge on any atom is -0.439 e. The second-order valence-electron chi connectivity index (χ2n) is 3.55. The largest absolute Gasteiger partial charge is 0.439 e. The maximum absolute atomic E-state index is 5.61. The highest BCUT2D eigenvalue weighted by Crippen LogP contribution is 2.21. The Kier molecular flexibility index (Phi) is 4.06. The van der Waals surface area contributed by atoms with Gasteiger partial charge in [-0.1, -0.05) is 12.1 Å². The lowest BCUT2D eigenvalue weighted by Crippen LogP contribution is -2.10. The molecule has 0 saturated carbocycles. The zero-order valence-electron chi connectivity index (χ0n) is 9.96. The molecule has 2 aromatic rings. The lowest BCUT2D eigenvalue weighted by Gasteiger charge is -2.07. The molecule has 0 aliphatic heterocycles. The predicted molar refractivity (Wildman–Crippen MR) is 67.1 cm³/mol. The van der Waals surface area contributed by atoms with Gasteiger partial charge in [-0.25, -0.2) is 10.8 Å². The number of nitrogen functional groups attached to an aromatic ring is 1. The number of anilines is 1. The number of methoxy groups -OCH3 is 1. The van der Waals surface area contributed by atoms with Gasteiger partial charge in [0.15, 0.2) is 0 Å². The normalized spacial score (nSPS) is 10.1. The summed E-state index contributed by atoms with van der Waals surface area (Å²) in [5.41, 5.74) is 3.39. The summed E-state index contributed by atoms with van der Waals surface area (Å²) in [4.78, 5) is 7.96. The van der Waals surface area contributed by atoms with Gasteiger partial charge in [-0.3, -0.25) is 5.43 Å². The van der Waals surface area contributed by atoms with Gasteiger partial charge in [0.2, 0.25) is 11.8 Å². The SMILES string of the molecule is COCc1cccc(Oc2ccnc(NN)n2)c1. The van der Waals surface area contributed by atoms with E-state index >= 15 is 0 Å². The maximum Gasteiger partial charge on any atom is 0.240 e. The summed E-state index contributed by atoms with van der Waals surface area (Å²) in [5, 5.41) is 0. The number of hydrogen-bond donors (Lipinski definition) is 2. The van der Waals surface area contributed by atoms with Crippen molar-refractivity contribution >= 4 is 5.95 Å². The van der Waals surface area contributed by atoms with E-state index < -0.39 is 0 Å². The highest BCUT2D eigenvalue weighted by atomic mass is 16.5. The average molecular weight is 246 g/mol. The van der Waals surface area contributed by atoms with Crippen LogP contribution in [-0.2, 0) is 11.3 Å². The van der Waals surface area contributed by atoms with Gasteiger partial charge >= 0.3 is 0 Å². The third-order valence-electron chi connectivity index (χ3n) is 2.19. The van der Waals surface area contributed by atoms with Crippen LogP contribution in [0.3, 0.4) is 0 Å². The minimum absolute atomic E-state index is 0.306. The first-order chi connectivity index (χ1) is 8.81. The van der Waals surface area contributed by atoms with Crippen LogP contribution in [0.4, 0.5) is 5.95 Å². The third-order valence-corrected chi connectivity index (χ3v) is 2.19. The number of rotatable bonds is 5. The molecule has 6 nitrogen and oxygen atoms in total. The number of hydrogen-bond acceptors (Lipinski definition) is 6. The Bertz CT molecular complexity index is 519. The molecule has 1 aromatic carbocycles. The number of hydrazine groups is 1. The molecule has 0 atom stereocenters. The fourth-order valence-corrected chi connectivity index (χ4v) is 1.45. The molecular formula is C12H14N4O2. The lowest BCUT2D eigenvalue weighted by molar-refractivity contribution is 0.184. The molecule has 0 radical (unpaired) electrons. The van der Waals surface area contributed by atoms with Crippen LogP contribution in [0.25, 0.3) is 0 Å². The number of aromatic nitrogens is 2. The molecule has 1 heterocycles. The van der Waals surface area contributed by atoms with Gasteiger partial charge in [0.1, 0.15) is 5.75 Å². The maximum atomic E-state index is 5.61. The lowest BCUT2D eigenvalue weighted by atomic mass is 10.2. The Morgan fingerprint density at radius 1 is 1.33 bits per heavy atom. The zero-order chi connectivity index (χ0) is 12.8. The first-order valence-corrected chi connectivity index (χ1v) is 5.37. The van der Waals surface area contributed by atoms with E-state index in [0.29, 0.717) is 24.2 Å². The average Bonchev–Trinajstić information content (AvgIpc) is 2.40. The quantitative estimate of drug-likeness (QED) is 0.617. The van der Waals surface area contributed by atoms with Crippen molar-refractivity contribution in [2.45, 2.75) is 6.61 Å². The molecular weight excluding hydrogens is 232 g/mol. The van der Waals surface area contributed by atoms with E-state index in [1.807, 2.05) is 24.3 Å². The van der Waals surface area contributed by atoms with Crippen LogP contribution in [0.5, 0.6) is 11.6 Å². The van der Waals surface area contributed by atoms with Crippen LogP contribution >= 0.6 is 0 Å². The Labute approximate surface area is 105 Å². The highest BCUT2D eigenvalue weighted by molar-refractivity contribution is 5.33. The van der Waals surface area contributed by atoms with E-state index in [1.54, 1.807) is 19.4 Å². The number of nitrogens with two attached hydrogens (primary N) is 1. The number of ether oxygens (including phenoxy) is 2. The predicted octanol–water partition coefficient (Wildman–Crippen LogP) is 1.70. The van der Waals surface area contributed by atoms with E-state index in [1.165, 1.54) is 0 Å². The van der Waals surface area contributed by atoms with Crippen molar-refractivity contribution in [1.29, 1.82) is 0 Å². The number of nitrogens with one attached hydrogen (secondary N) is 1. The van der Waals surface area contributed by atoms with Crippen molar-refractivity contribution in [3.05, 3.63) is 42.1 Å². The topological polar surface area (TPSA) is 82.3 Å². The van der Waals surface area contributed by atoms with Crippen molar-refractivity contribution in [2.75, 3.05) is 12.5 Å². The molecule has 0 aliphatic carbocycles. The number of nitrogens with zero attached hydrogens (tertiary/aromatic N) is 2. The van der Waals surface area contributed by atoms with Crippen LogP contribution in [-0.4, -0.2) is 17.1 Å². The van der Waals surface area contributed by atoms with Gasteiger partial charge in [0.05, 0.1) is 6.61 Å². The third kappa shape index (κ3) is 3.16. The molecule has 0 spiro atoms. The van der Waals surface area contributed by atoms with Crippen LogP contribution in [0, 0.1) is 0 Å². The van der Waals surface area contributed by atoms with Crippen molar-refractivity contribution in [2.24, 2.45) is 5.84 Å². The fraction of sp³-hybridized carbons (Fsp3) is 0.167. The van der Waals surface area contributed by atoms with Gasteiger partial charge in [0.25, 0.3) is 0 Å². The molecule has 94 valence electrons. The monoisotopic (exact) mass is 246 g/mol. The molecule has 18 heavy (non-hydrogen) atoms. The molecule has 0 fully saturated rings. The first kappa shape index (κ1) is 12.3. The van der Waals surface area contributed by atoms with E-state index in [2.05, 4.69) is 15.4 Å². The summed E-state index contributed by atoms with van der Waals surface area (Å²) in [5.74, 6) is 6.64. The Balaban J connectivity index is 2.14. The summed E-state index contributed by atoms with van der Waals surface area (Å²) in [6.45, 7) is 0.538. The summed E-state index contributed by atoms with van der Waals surface area (Å²) in [7, 11) is 1.65. The van der Waals surface area contributed by atoms with E-state index in [9.17, 15) is 0 Å². The van der Waals surface area contributed by atoms with Gasteiger partial charge in [-0.2, -0.15) is 4.98 Å². The van der Waals surface area contributed by atoms with Crippen LogP contribution in [0.15, 0.2) is 36.5 Å². The van der Waals surface area contributed by atoms with Gasteiger partial charge in [-0.05, 0) is 17.7 Å². The summed E-state index contributed by atoms with van der Waals surface area (Å²) < 4.78 is 10.7. The fourth-order valence-electron chi connectivity index (χ4n) is 1.45. The highest BCUT2D eigenvalue weighted by Gasteiger charge is 2.02. The molecule has 6 heteroatoms. The smallest absolute Gasteiger partial charge is 0.240 e. The Morgan fingerprint density at radius 2 is 2.22 bits per heavy atom. The van der Waals surface area contributed by atoms with E-state index in [0.717, 1.165) is 5.56 Å². The van der Waals surface area contributed by atoms with Gasteiger partial charge < -0.3 is 9.47 Å². The molecule has 2 rings (SSSR count). The molecule has 0 bridgehead atoms. The molecule has 0 saturated heterocycles. The van der Waals surface area contributed by atoms with Gasteiger partial charge in [-0.15, -0.1) is 0 Å².